The fourth-order valence-corrected chi connectivity index (χ4v) is 21.2. The Labute approximate surface area is 818 Å². The second-order valence-corrected chi connectivity index (χ2v) is 35.6. The van der Waals surface area contributed by atoms with Crippen molar-refractivity contribution in [1.29, 1.82) is 0 Å². The fourth-order valence-electron chi connectivity index (χ4n) is 21.2. The zero-order valence-electron chi connectivity index (χ0n) is 76.9. The van der Waals surface area contributed by atoms with Gasteiger partial charge in [-0.25, -0.2) is 0 Å². The molecule has 140 heavy (non-hydrogen) atoms. The Morgan fingerprint density at radius 1 is 0.193 bits per heavy atom. The molecular formula is C133H93BN5P. The first-order valence-electron chi connectivity index (χ1n) is 47.7. The number of aromatic nitrogens is 2. The van der Waals surface area contributed by atoms with E-state index in [1.165, 1.54) is 192 Å². The monoisotopic (exact) mass is 1800 g/mol. The Bertz CT molecular complexity index is 8650. The Morgan fingerprint density at radius 2 is 0.464 bits per heavy atom. The summed E-state index contributed by atoms with van der Waals surface area (Å²) < 4.78 is 7.55. The van der Waals surface area contributed by atoms with Gasteiger partial charge in [0, 0.05) is 72.7 Å². The summed E-state index contributed by atoms with van der Waals surface area (Å²) in [6, 6.07) is 200. The highest BCUT2D eigenvalue weighted by Crippen LogP contribution is 2.50. The molecule has 26 rings (SSSR count). The van der Waals surface area contributed by atoms with Crippen molar-refractivity contribution in [3.63, 3.8) is 0 Å². The summed E-state index contributed by atoms with van der Waals surface area (Å²) in [5.41, 5.74) is 30.3. The molecule has 2 radical (unpaired) electrons. The third-order valence-electron chi connectivity index (χ3n) is 27.3. The van der Waals surface area contributed by atoms with Crippen LogP contribution in [0.1, 0.15) is 22.6 Å². The second-order valence-electron chi connectivity index (χ2n) is 35.3. The van der Waals surface area contributed by atoms with Crippen molar-refractivity contribution < 1.29 is 0 Å². The van der Waals surface area contributed by atoms with Crippen LogP contribution in [-0.2, 0) is 0 Å². The molecule has 0 bridgehead atoms. The highest BCUT2D eigenvalue weighted by atomic mass is 31.0. The number of para-hydroxylation sites is 6. The summed E-state index contributed by atoms with van der Waals surface area (Å²) >= 11 is 0. The maximum Gasteiger partial charge on any atom is 0.265 e. The minimum absolute atomic E-state index is 0.142. The molecule has 0 aliphatic heterocycles. The van der Waals surface area contributed by atoms with Crippen molar-refractivity contribution in [3.05, 3.63) is 569 Å². The van der Waals surface area contributed by atoms with Crippen molar-refractivity contribution in [2.24, 2.45) is 4.66 Å². The van der Waals surface area contributed by atoms with E-state index in [1.807, 2.05) is 0 Å². The van der Waals surface area contributed by atoms with Gasteiger partial charge >= 0.3 is 0 Å². The van der Waals surface area contributed by atoms with Gasteiger partial charge in [-0.15, -0.1) is 0 Å². The van der Waals surface area contributed by atoms with Gasteiger partial charge in [0.05, 0.1) is 27.8 Å². The lowest BCUT2D eigenvalue weighted by Gasteiger charge is -2.27. The van der Waals surface area contributed by atoms with E-state index in [0.29, 0.717) is 0 Å². The summed E-state index contributed by atoms with van der Waals surface area (Å²) in [4.78, 5) is 4.72. The van der Waals surface area contributed by atoms with Crippen LogP contribution in [0.4, 0.5) is 34.1 Å². The second kappa shape index (κ2) is 38.9. The standard InChI is InChI=1S/C50H34N2.C45H33N.C38H25N.BHNP/c1-4-16-35(17-5-1)49-42-23-10-12-25-44(42)50(45-26-13-11-24-43(45)49)36-28-30-39(31-29-36)51(37-18-6-2-7-19-37)40-32-33-48-46(34-40)41-22-14-15-27-47(41)52(48)38-20-8-3-9-21-38;1-3-15-37(16-4-1)45(43-23-11-17-35-13-7-9-21-41(35)43)38-27-25-33(26-28-38)34-29-31-40(32-30-34)46(39-19-5-2-6-20-39)44-24-12-18-36-14-8-10-22-42(36)44;1-2-12-26(13-3-1)37-31-16-4-6-18-33(31)38(34-19-7-5-17-32(34)37)27-22-24-28(25-23-27)39-35-20-10-8-14-29(35)30-15-9-11-21-36(30)39;1-2-3/h1-34H;1-32,45H;1-25H;3H. The highest BCUT2D eigenvalue weighted by Gasteiger charge is 2.26. The summed E-state index contributed by atoms with van der Waals surface area (Å²) in [7, 11) is 6.97. The van der Waals surface area contributed by atoms with Gasteiger partial charge < -0.3 is 23.6 Å². The van der Waals surface area contributed by atoms with Crippen molar-refractivity contribution in [2.45, 2.75) is 5.92 Å². The van der Waals surface area contributed by atoms with Crippen molar-refractivity contribution in [2.75, 3.05) is 9.80 Å². The van der Waals surface area contributed by atoms with E-state index in [-0.39, 0.29) is 5.92 Å². The Morgan fingerprint density at radius 3 is 0.907 bits per heavy atom. The molecule has 5 nitrogen and oxygen atoms in total. The van der Waals surface area contributed by atoms with Gasteiger partial charge in [-0.05, 0) is 256 Å². The number of benzene rings is 24. The predicted octanol–water partition coefficient (Wildman–Crippen LogP) is 37.0. The molecule has 0 saturated carbocycles. The van der Waals surface area contributed by atoms with Crippen LogP contribution in [0.5, 0.6) is 0 Å². The molecule has 0 spiro atoms. The molecule has 24 aromatic carbocycles. The van der Waals surface area contributed by atoms with E-state index in [1.54, 1.807) is 0 Å². The molecule has 1 unspecified atom stereocenters. The van der Waals surface area contributed by atoms with Crippen LogP contribution in [0.3, 0.4) is 0 Å². The fraction of sp³-hybridized carbons (Fsp3) is 0.00752. The summed E-state index contributed by atoms with van der Waals surface area (Å²) in [6.45, 7) is 0. The average molecular weight is 1800 g/mol. The van der Waals surface area contributed by atoms with E-state index in [9.17, 15) is 0 Å². The molecule has 2 heterocycles. The van der Waals surface area contributed by atoms with Crippen LogP contribution in [0, 0.1) is 0 Å². The third-order valence-corrected chi connectivity index (χ3v) is 27.3. The molecule has 0 fully saturated rings. The SMILES string of the molecule is [B]N=P.c1ccc(-c2c3ccccc3c(-c3ccc(-n4c5ccccc5c5ccccc54)cc3)c3ccccc23)cc1.c1ccc(-c2c3ccccc3c(-c3ccc(N(c4ccccc4)c4ccc5c(c4)c4ccccc4n5-c4ccccc4)cc3)c3ccccc23)cc1.c1ccc(C(c2ccc(-c3ccc(N(c4ccccc4)c4cccc5ccccc45)cc3)cc2)c2cccc3ccccc23)cc1. The molecular weight excluding hydrogens is 1710 g/mol. The minimum atomic E-state index is 0.142. The number of hydrogen-bond acceptors (Lipinski definition) is 3. The molecule has 0 aliphatic rings. The first-order valence-corrected chi connectivity index (χ1v) is 48.2. The average Bonchev–Trinajstić information content (AvgIpc) is 0.977. The first-order chi connectivity index (χ1) is 69.5. The molecule has 658 valence electrons. The lowest BCUT2D eigenvalue weighted by molar-refractivity contribution is 0.989. The predicted molar refractivity (Wildman–Crippen MR) is 600 cm³/mol. The van der Waals surface area contributed by atoms with Crippen molar-refractivity contribution in [1.82, 2.24) is 9.13 Å². The molecule has 0 amide bonds. The molecule has 26 aromatic rings. The van der Waals surface area contributed by atoms with Crippen LogP contribution in [0.2, 0.25) is 0 Å². The Kier molecular flexibility index (Phi) is 24.0. The molecule has 0 aliphatic carbocycles. The third kappa shape index (κ3) is 16.5. The maximum atomic E-state index is 4.39. The normalized spacial score (nSPS) is 11.5. The quantitative estimate of drug-likeness (QED) is 0.0417. The largest absolute Gasteiger partial charge is 0.344 e. The number of nitrogens with zero attached hydrogens (tertiary/aromatic N) is 5. The topological polar surface area (TPSA) is 28.7 Å². The van der Waals surface area contributed by atoms with Gasteiger partial charge in [-0.3, -0.25) is 0 Å². The zero-order chi connectivity index (χ0) is 93.6. The lowest BCUT2D eigenvalue weighted by Crippen LogP contribution is -2.10. The van der Waals surface area contributed by atoms with Crippen LogP contribution in [0.25, 0.3) is 175 Å². The molecule has 0 N–H and O–H groups in total. The summed E-state index contributed by atoms with van der Waals surface area (Å²) in [5.74, 6) is 0.142. The molecule has 2 aromatic heterocycles. The van der Waals surface area contributed by atoms with Gasteiger partial charge in [0.25, 0.3) is 7.98 Å². The zero-order valence-corrected chi connectivity index (χ0v) is 77.9. The van der Waals surface area contributed by atoms with Gasteiger partial charge in [-0.1, -0.05) is 437 Å². The van der Waals surface area contributed by atoms with Crippen LogP contribution < -0.4 is 9.80 Å². The van der Waals surface area contributed by atoms with E-state index in [2.05, 4.69) is 593 Å². The van der Waals surface area contributed by atoms with E-state index in [0.717, 1.165) is 34.1 Å². The van der Waals surface area contributed by atoms with E-state index >= 15 is 0 Å². The summed E-state index contributed by atoms with van der Waals surface area (Å²) in [5, 5.41) is 20.2. The molecule has 7 heteroatoms. The van der Waals surface area contributed by atoms with E-state index < -0.39 is 0 Å². The maximum absolute atomic E-state index is 4.39. The Hall–Kier alpha value is -17.8. The lowest BCUT2D eigenvalue weighted by atomic mass is 9.82. The van der Waals surface area contributed by atoms with E-state index in [4.69, 9.17) is 0 Å². The van der Waals surface area contributed by atoms with Crippen LogP contribution in [0.15, 0.2) is 557 Å². The smallest absolute Gasteiger partial charge is 0.265 e. The van der Waals surface area contributed by atoms with Crippen LogP contribution >= 0.6 is 9.03 Å². The molecule has 0 saturated heterocycles. The minimum Gasteiger partial charge on any atom is -0.344 e. The van der Waals surface area contributed by atoms with Gasteiger partial charge in [-0.2, -0.15) is 0 Å². The van der Waals surface area contributed by atoms with Gasteiger partial charge in [0.2, 0.25) is 0 Å². The highest BCUT2D eigenvalue weighted by molar-refractivity contribution is 7.05. The first kappa shape index (κ1) is 86.3. The number of hydrogen-bond donors (Lipinski definition) is 0. The van der Waals surface area contributed by atoms with Crippen molar-refractivity contribution in [3.8, 4) is 67.0 Å². The summed E-state index contributed by atoms with van der Waals surface area (Å²) in [6.07, 6.45) is 0. The van der Waals surface area contributed by atoms with Gasteiger partial charge in [0.15, 0.2) is 0 Å². The van der Waals surface area contributed by atoms with Crippen LogP contribution in [-0.4, -0.2) is 17.1 Å². The number of anilines is 6. The number of fused-ring (bicyclic) bond motifs is 12. The number of rotatable bonds is 16. The molecule has 1 atom stereocenters. The Balaban J connectivity index is 0.000000117. The van der Waals surface area contributed by atoms with Crippen molar-refractivity contribution >= 4 is 159 Å². The van der Waals surface area contributed by atoms with Gasteiger partial charge in [0.1, 0.15) is 0 Å².